The summed E-state index contributed by atoms with van der Waals surface area (Å²) in [4.78, 5) is 2.89. The molecule has 1 aliphatic carbocycles. The van der Waals surface area contributed by atoms with E-state index >= 15 is 0 Å². The Balaban J connectivity index is 2.01. The minimum Gasteiger partial charge on any atom is -0.326 e. The maximum atomic E-state index is 5.65. The van der Waals surface area contributed by atoms with Gasteiger partial charge in [0.1, 0.15) is 0 Å². The molecule has 15 heavy (non-hydrogen) atoms. The van der Waals surface area contributed by atoms with Crippen molar-refractivity contribution in [1.29, 1.82) is 0 Å². The summed E-state index contributed by atoms with van der Waals surface area (Å²) in [6, 6.07) is 4.48. The summed E-state index contributed by atoms with van der Waals surface area (Å²) in [5.74, 6) is 0.809. The van der Waals surface area contributed by atoms with Crippen LogP contribution in [-0.4, -0.2) is 0 Å². The normalized spacial score (nSPS) is 21.8. The largest absolute Gasteiger partial charge is 0.326 e. The lowest BCUT2D eigenvalue weighted by Crippen LogP contribution is -2.19. The summed E-state index contributed by atoms with van der Waals surface area (Å²) in [6.07, 6.45) is 5.45. The average Bonchev–Trinajstić information content (AvgIpc) is 2.66. The zero-order valence-electron chi connectivity index (χ0n) is 9.75. The molecule has 2 rings (SSSR count). The Morgan fingerprint density at radius 2 is 2.00 bits per heavy atom. The molecule has 1 fully saturated rings. The Kier molecular flexibility index (Phi) is 3.17. The smallest absolute Gasteiger partial charge is 0.0273 e. The van der Waals surface area contributed by atoms with E-state index in [1.165, 1.54) is 30.6 Å². The van der Waals surface area contributed by atoms with Crippen molar-refractivity contribution in [2.24, 2.45) is 11.1 Å². The number of hydrogen-bond donors (Lipinski definition) is 1. The Morgan fingerprint density at radius 1 is 1.33 bits per heavy atom. The van der Waals surface area contributed by atoms with E-state index in [1.807, 2.05) is 11.3 Å². The Bertz CT molecular complexity index is 317. The highest BCUT2D eigenvalue weighted by molar-refractivity contribution is 7.12. The molecule has 0 aromatic carbocycles. The molecule has 1 aromatic rings. The van der Waals surface area contributed by atoms with Crippen molar-refractivity contribution in [1.82, 2.24) is 0 Å². The van der Waals surface area contributed by atoms with Crippen LogP contribution in [0.15, 0.2) is 12.1 Å². The fraction of sp³-hybridized carbons (Fsp3) is 0.692. The number of hydrogen-bond acceptors (Lipinski definition) is 2. The molecular weight excluding hydrogens is 202 g/mol. The van der Waals surface area contributed by atoms with Crippen molar-refractivity contribution in [3.05, 3.63) is 21.9 Å². The Labute approximate surface area is 96.7 Å². The third kappa shape index (κ3) is 2.61. The van der Waals surface area contributed by atoms with Crippen LogP contribution in [0.1, 0.15) is 55.2 Å². The topological polar surface area (TPSA) is 26.0 Å². The molecule has 2 heteroatoms. The summed E-state index contributed by atoms with van der Waals surface area (Å²) in [7, 11) is 0. The maximum Gasteiger partial charge on any atom is 0.0273 e. The van der Waals surface area contributed by atoms with E-state index in [2.05, 4.69) is 26.0 Å². The van der Waals surface area contributed by atoms with Crippen LogP contribution < -0.4 is 5.73 Å². The lowest BCUT2D eigenvalue weighted by Gasteiger charge is -2.33. The minimum absolute atomic E-state index is 0.574. The monoisotopic (exact) mass is 223 g/mol. The van der Waals surface area contributed by atoms with Crippen LogP contribution in [0.4, 0.5) is 0 Å². The summed E-state index contributed by atoms with van der Waals surface area (Å²) in [5.41, 5.74) is 6.22. The van der Waals surface area contributed by atoms with E-state index in [0.29, 0.717) is 12.0 Å². The molecule has 0 saturated heterocycles. The van der Waals surface area contributed by atoms with Gasteiger partial charge in [-0.1, -0.05) is 13.8 Å². The first-order valence-electron chi connectivity index (χ1n) is 5.89. The molecule has 84 valence electrons. The fourth-order valence-corrected chi connectivity index (χ4v) is 3.47. The first kappa shape index (κ1) is 11.2. The fourth-order valence-electron chi connectivity index (χ4n) is 2.41. The van der Waals surface area contributed by atoms with E-state index < -0.39 is 0 Å². The third-order valence-corrected chi connectivity index (χ3v) is 4.90. The zero-order valence-corrected chi connectivity index (χ0v) is 10.6. The molecule has 0 unspecified atom stereocenters. The molecule has 0 bridgehead atoms. The van der Waals surface area contributed by atoms with Gasteiger partial charge in [-0.3, -0.25) is 0 Å². The average molecular weight is 223 g/mol. The van der Waals surface area contributed by atoms with Crippen molar-refractivity contribution < 1.29 is 0 Å². The van der Waals surface area contributed by atoms with Gasteiger partial charge in [0.05, 0.1) is 0 Å². The SMILES string of the molecule is CC1(C)CCC(c2ccc(CN)s2)CC1. The summed E-state index contributed by atoms with van der Waals surface area (Å²) < 4.78 is 0. The van der Waals surface area contributed by atoms with Gasteiger partial charge in [-0.2, -0.15) is 0 Å². The predicted octanol–water partition coefficient (Wildman–Crippen LogP) is 3.89. The first-order chi connectivity index (χ1) is 7.11. The van der Waals surface area contributed by atoms with Gasteiger partial charge in [0.15, 0.2) is 0 Å². The quantitative estimate of drug-likeness (QED) is 0.808. The predicted molar refractivity (Wildman–Crippen MR) is 67.2 cm³/mol. The van der Waals surface area contributed by atoms with E-state index in [1.54, 1.807) is 4.88 Å². The maximum absolute atomic E-state index is 5.65. The lowest BCUT2D eigenvalue weighted by atomic mass is 9.73. The molecular formula is C13H21NS. The molecule has 1 aromatic heterocycles. The summed E-state index contributed by atoms with van der Waals surface area (Å²) in [6.45, 7) is 5.48. The molecule has 2 N–H and O–H groups in total. The molecule has 0 atom stereocenters. The van der Waals surface area contributed by atoms with Crippen LogP contribution >= 0.6 is 11.3 Å². The molecule has 0 radical (unpaired) electrons. The van der Waals surface area contributed by atoms with Gasteiger partial charge >= 0.3 is 0 Å². The van der Waals surface area contributed by atoms with E-state index in [9.17, 15) is 0 Å². The zero-order chi connectivity index (χ0) is 10.9. The van der Waals surface area contributed by atoms with Gasteiger partial charge < -0.3 is 5.73 Å². The number of thiophene rings is 1. The van der Waals surface area contributed by atoms with Gasteiger partial charge in [0.25, 0.3) is 0 Å². The van der Waals surface area contributed by atoms with Crippen molar-refractivity contribution in [3.63, 3.8) is 0 Å². The minimum atomic E-state index is 0.574. The summed E-state index contributed by atoms with van der Waals surface area (Å²) >= 11 is 1.91. The van der Waals surface area contributed by atoms with E-state index in [0.717, 1.165) is 5.92 Å². The van der Waals surface area contributed by atoms with Crippen molar-refractivity contribution >= 4 is 11.3 Å². The van der Waals surface area contributed by atoms with Crippen LogP contribution in [0.25, 0.3) is 0 Å². The van der Waals surface area contributed by atoms with E-state index in [-0.39, 0.29) is 0 Å². The molecule has 1 nitrogen and oxygen atoms in total. The van der Waals surface area contributed by atoms with Gasteiger partial charge in [-0.05, 0) is 49.1 Å². The second-order valence-electron chi connectivity index (χ2n) is 5.45. The lowest BCUT2D eigenvalue weighted by molar-refractivity contribution is 0.226. The molecule has 0 aliphatic heterocycles. The van der Waals surface area contributed by atoms with Crippen LogP contribution in [-0.2, 0) is 6.54 Å². The third-order valence-electron chi connectivity index (χ3n) is 3.63. The van der Waals surface area contributed by atoms with Crippen LogP contribution in [0, 0.1) is 5.41 Å². The van der Waals surface area contributed by atoms with Crippen LogP contribution in [0.3, 0.4) is 0 Å². The van der Waals surface area contributed by atoms with E-state index in [4.69, 9.17) is 5.73 Å². The highest BCUT2D eigenvalue weighted by Gasteiger charge is 2.28. The highest BCUT2D eigenvalue weighted by atomic mass is 32.1. The molecule has 1 aliphatic rings. The second-order valence-corrected chi connectivity index (χ2v) is 6.65. The molecule has 0 amide bonds. The molecule has 0 spiro atoms. The highest BCUT2D eigenvalue weighted by Crippen LogP contribution is 2.43. The van der Waals surface area contributed by atoms with Gasteiger partial charge in [0, 0.05) is 16.3 Å². The standard InChI is InChI=1S/C13H21NS/c1-13(2)7-5-10(6-8-13)12-4-3-11(9-14)15-12/h3-4,10H,5-9,14H2,1-2H3. The van der Waals surface area contributed by atoms with Crippen LogP contribution in [0.5, 0.6) is 0 Å². The van der Waals surface area contributed by atoms with Gasteiger partial charge in [-0.15, -0.1) is 11.3 Å². The molecule has 1 heterocycles. The van der Waals surface area contributed by atoms with Crippen LogP contribution in [0.2, 0.25) is 0 Å². The number of nitrogens with two attached hydrogens (primary N) is 1. The van der Waals surface area contributed by atoms with Crippen molar-refractivity contribution in [3.8, 4) is 0 Å². The van der Waals surface area contributed by atoms with Gasteiger partial charge in [-0.25, -0.2) is 0 Å². The first-order valence-corrected chi connectivity index (χ1v) is 6.71. The number of rotatable bonds is 2. The summed E-state index contributed by atoms with van der Waals surface area (Å²) in [5, 5.41) is 0. The van der Waals surface area contributed by atoms with Gasteiger partial charge in [0.2, 0.25) is 0 Å². The molecule has 1 saturated carbocycles. The Hall–Kier alpha value is -0.340. The Morgan fingerprint density at radius 3 is 2.53 bits per heavy atom. The van der Waals surface area contributed by atoms with Crippen molar-refractivity contribution in [2.45, 2.75) is 52.0 Å². The van der Waals surface area contributed by atoms with Crippen molar-refractivity contribution in [2.75, 3.05) is 0 Å². The second kappa shape index (κ2) is 4.26.